The summed E-state index contributed by atoms with van der Waals surface area (Å²) in [5, 5.41) is 245. The van der Waals surface area contributed by atoms with Gasteiger partial charge in [-0.25, -0.2) is 9.59 Å². The normalized spacial score (nSPS) is 35.5. The highest BCUT2D eigenvalue weighted by atomic mass is 16.8. The predicted octanol–water partition coefficient (Wildman–Crippen LogP) is -3.56. The van der Waals surface area contributed by atoms with Crippen LogP contribution in [0.3, 0.4) is 0 Å². The lowest BCUT2D eigenvalue weighted by Crippen LogP contribution is -2.71. The summed E-state index contributed by atoms with van der Waals surface area (Å²) in [6.45, 7) is -0.650. The maximum atomic E-state index is 14.0. The van der Waals surface area contributed by atoms with Crippen LogP contribution in [-0.2, 0) is 85.6 Å². The molecule has 24 N–H and O–H groups in total. The van der Waals surface area contributed by atoms with Crippen LogP contribution in [0, 0.1) is 5.92 Å². The minimum atomic E-state index is -3.48. The van der Waals surface area contributed by atoms with Gasteiger partial charge in [0, 0.05) is 45.4 Å². The first-order valence-corrected chi connectivity index (χ1v) is 44.4. The molecule has 6 aliphatic rings. The van der Waals surface area contributed by atoms with Gasteiger partial charge in [0.2, 0.25) is 17.7 Å². The van der Waals surface area contributed by atoms with Crippen LogP contribution in [0.4, 0.5) is 0 Å². The van der Waals surface area contributed by atoms with Crippen LogP contribution < -0.4 is 16.0 Å². The molecule has 3 amide bonds. The molecule has 0 aromatic carbocycles. The third-order valence-electron chi connectivity index (χ3n) is 23.9. The van der Waals surface area contributed by atoms with Gasteiger partial charge in [0.05, 0.1) is 88.8 Å². The zero-order valence-electron chi connectivity index (χ0n) is 72.3. The van der Waals surface area contributed by atoms with Gasteiger partial charge in [0.1, 0.15) is 128 Å². The number of carbonyl (C=O) groups excluding carboxylic acids is 4. The molecule has 6 fully saturated rings. The van der Waals surface area contributed by atoms with Crippen LogP contribution in [0.15, 0.2) is 12.2 Å². The van der Waals surface area contributed by atoms with Crippen molar-refractivity contribution in [1.82, 2.24) is 16.0 Å². The molecule has 0 aromatic heterocycles. The first-order valence-electron chi connectivity index (χ1n) is 44.4. The predicted molar refractivity (Wildman–Crippen MR) is 432 cm³/mol. The molecule has 34 atom stereocenters. The SMILES string of the molecule is CCCCCCCCCCCCCC=CC(O)C(COC1OC(CO)C(OC2OC(CO)C(OC3OC(CO)C(O)C(OC4OC(CO)C(O)C(OC5(C(=O)O)CC(O)C(NC(C)=O)C(C(O)C(O)CO)O5)C4O)C3CC(C)=O)C(OC3(C(=O)O)CC(O)C(NC(C)=O)C(C(O)C(O)CO)O3)C2O)C(O)C1O)NC(=O)CCCCCCCCCCCCCCC. The monoisotopic (exact) mass is 1810 g/mol. The molecular formula is C83H145N3O39. The molecule has 42 nitrogen and oxygen atoms in total. The third kappa shape index (κ3) is 31.6. The standard InChI is InChI=1S/C83H145N3O39/c1-6-8-10-12-14-16-18-20-22-24-26-28-30-32-49(96)48(86-58(101)33-31-29-27-25-23-21-19-17-15-13-11-9-7-2)43-114-77-66(107)65(106)70(56(41-91)117-77)120-79-68(109)75(125-83(81(112)113)36-51(98)60(85-46(5)95)73(123-83)62(103)53(100)38-88)71(57(42-92)118-79)121-76-47(34-44(3)93)69(63(104)54(39-89)115-76)119-78-67(108)74(64(105)55(40-90)116-78)124-82(80(110)111)35-50(97)59(84-45(4)94)72(122-82)61(102)52(99)37-87/h30,32,47-57,59-79,87-92,96-100,102-109H,6-29,31,33-43H2,1-5H3,(H,84,94)(H,85,95)(H,86,101)(H,110,111)(H,112,113). The number of allylic oxidation sites excluding steroid dienone is 1. The summed E-state index contributed by atoms with van der Waals surface area (Å²) in [7, 11) is 0. The van der Waals surface area contributed by atoms with E-state index in [-0.39, 0.29) is 6.42 Å². The fourth-order valence-corrected chi connectivity index (χ4v) is 16.8. The molecule has 34 unspecified atom stereocenters. The molecular weight excluding hydrogens is 1660 g/mol. The average Bonchev–Trinajstić information content (AvgIpc) is 0.749. The number of aliphatic carboxylic acids is 2. The van der Waals surface area contributed by atoms with E-state index in [1.165, 1.54) is 89.5 Å². The van der Waals surface area contributed by atoms with Crippen molar-refractivity contribution in [2.45, 2.75) is 422 Å². The number of nitrogens with one attached hydrogen (secondary N) is 3. The van der Waals surface area contributed by atoms with Crippen molar-refractivity contribution in [1.29, 1.82) is 0 Å². The number of rotatable bonds is 58. The number of carboxylic acid groups (broad SMARTS) is 2. The number of hydrogen-bond donors (Lipinski definition) is 24. The van der Waals surface area contributed by atoms with E-state index in [0.29, 0.717) is 12.8 Å². The number of aliphatic hydroxyl groups is 19. The smallest absolute Gasteiger partial charge is 0.364 e. The van der Waals surface area contributed by atoms with E-state index in [4.69, 9.17) is 56.8 Å². The maximum absolute atomic E-state index is 14.0. The molecule has 6 heterocycles. The van der Waals surface area contributed by atoms with E-state index in [0.717, 1.165) is 85.0 Å². The highest BCUT2D eigenvalue weighted by Gasteiger charge is 2.64. The second-order valence-corrected chi connectivity index (χ2v) is 33.9. The Morgan fingerprint density at radius 2 is 0.824 bits per heavy atom. The summed E-state index contributed by atoms with van der Waals surface area (Å²) in [5.74, 6) is -16.1. The first kappa shape index (κ1) is 109. The van der Waals surface area contributed by atoms with E-state index in [1.807, 2.05) is 0 Å². The summed E-state index contributed by atoms with van der Waals surface area (Å²) in [5.41, 5.74) is 0. The van der Waals surface area contributed by atoms with Crippen LogP contribution >= 0.6 is 0 Å². The lowest BCUT2D eigenvalue weighted by Gasteiger charge is -2.53. The summed E-state index contributed by atoms with van der Waals surface area (Å²) in [4.78, 5) is 79.6. The Morgan fingerprint density at radius 3 is 1.26 bits per heavy atom. The van der Waals surface area contributed by atoms with E-state index >= 15 is 0 Å². The molecule has 0 aliphatic carbocycles. The van der Waals surface area contributed by atoms with E-state index in [2.05, 4.69) is 29.8 Å². The van der Waals surface area contributed by atoms with Crippen molar-refractivity contribution in [3.05, 3.63) is 12.2 Å². The van der Waals surface area contributed by atoms with Gasteiger partial charge in [-0.3, -0.25) is 14.4 Å². The molecule has 125 heavy (non-hydrogen) atoms. The average molecular weight is 1810 g/mol. The largest absolute Gasteiger partial charge is 0.477 e. The Labute approximate surface area is 728 Å². The summed E-state index contributed by atoms with van der Waals surface area (Å²) >= 11 is 0. The number of hydrogen-bond acceptors (Lipinski definition) is 37. The number of unbranched alkanes of at least 4 members (excludes halogenated alkanes) is 23. The minimum absolute atomic E-state index is 0.0975. The minimum Gasteiger partial charge on any atom is -0.477 e. The Balaban J connectivity index is 1.31. The number of aliphatic hydroxyl groups excluding tert-OH is 19. The highest BCUT2D eigenvalue weighted by Crippen LogP contribution is 2.44. The molecule has 6 rings (SSSR count). The highest BCUT2D eigenvalue weighted by molar-refractivity contribution is 5.78. The fourth-order valence-electron chi connectivity index (χ4n) is 16.8. The number of carbonyl (C=O) groups is 6. The van der Waals surface area contributed by atoms with E-state index in [9.17, 15) is 136 Å². The molecule has 0 radical (unpaired) electrons. The number of ketones is 1. The molecule has 726 valence electrons. The summed E-state index contributed by atoms with van der Waals surface area (Å²) in [6.07, 6.45) is -35.0. The van der Waals surface area contributed by atoms with Gasteiger partial charge in [0.25, 0.3) is 11.6 Å². The van der Waals surface area contributed by atoms with Gasteiger partial charge in [-0.15, -0.1) is 0 Å². The van der Waals surface area contributed by atoms with Crippen LogP contribution in [0.5, 0.6) is 0 Å². The Bertz CT molecular complexity index is 3160. The first-order chi connectivity index (χ1) is 59.6. The molecule has 0 aromatic rings. The van der Waals surface area contributed by atoms with Crippen LogP contribution in [0.25, 0.3) is 0 Å². The van der Waals surface area contributed by atoms with E-state index < -0.39 is 308 Å². The van der Waals surface area contributed by atoms with Gasteiger partial charge < -0.3 is 185 Å². The molecule has 0 saturated carbocycles. The van der Waals surface area contributed by atoms with Gasteiger partial charge in [-0.1, -0.05) is 167 Å². The van der Waals surface area contributed by atoms with Gasteiger partial charge in [-0.2, -0.15) is 0 Å². The van der Waals surface area contributed by atoms with Crippen LogP contribution in [0.2, 0.25) is 0 Å². The van der Waals surface area contributed by atoms with Crippen LogP contribution in [0.1, 0.15) is 221 Å². The van der Waals surface area contributed by atoms with Gasteiger partial charge in [-0.05, 0) is 26.2 Å². The number of Topliss-reactive ketones (excluding diaryl/α,β-unsaturated/α-hetero) is 1. The van der Waals surface area contributed by atoms with Gasteiger partial charge >= 0.3 is 11.9 Å². The summed E-state index contributed by atoms with van der Waals surface area (Å²) in [6, 6.07) is -4.77. The number of carboxylic acids is 2. The van der Waals surface area contributed by atoms with Crippen molar-refractivity contribution in [3.8, 4) is 0 Å². The second-order valence-electron chi connectivity index (χ2n) is 33.9. The third-order valence-corrected chi connectivity index (χ3v) is 23.9. The van der Waals surface area contributed by atoms with Gasteiger partial charge in [0.15, 0.2) is 25.2 Å². The van der Waals surface area contributed by atoms with Crippen molar-refractivity contribution in [2.24, 2.45) is 5.92 Å². The van der Waals surface area contributed by atoms with Crippen molar-refractivity contribution >= 4 is 35.4 Å². The Morgan fingerprint density at radius 1 is 0.440 bits per heavy atom. The zero-order chi connectivity index (χ0) is 92.4. The van der Waals surface area contributed by atoms with Crippen LogP contribution in [-0.4, -0.2) is 390 Å². The second kappa shape index (κ2) is 55.1. The Hall–Kier alpha value is -4.48. The fraction of sp³-hybridized carbons (Fsp3) is 0.904. The molecule has 6 aliphatic heterocycles. The molecule has 6 saturated heterocycles. The molecule has 0 spiro atoms. The zero-order valence-corrected chi connectivity index (χ0v) is 72.3. The lowest BCUT2D eigenvalue weighted by atomic mass is 9.86. The van der Waals surface area contributed by atoms with Crippen molar-refractivity contribution in [2.75, 3.05) is 46.2 Å². The maximum Gasteiger partial charge on any atom is 0.364 e. The van der Waals surface area contributed by atoms with E-state index in [1.54, 1.807) is 6.08 Å². The number of ether oxygens (including phenoxy) is 12. The Kier molecular flexibility index (Phi) is 48.2. The topological polar surface area (TPSA) is 674 Å². The number of amides is 3. The molecule has 42 heteroatoms. The lowest BCUT2D eigenvalue weighted by molar-refractivity contribution is -0.408. The molecule has 0 bridgehead atoms. The quantitative estimate of drug-likeness (QED) is 0.0207. The van der Waals surface area contributed by atoms with Crippen molar-refractivity contribution in [3.63, 3.8) is 0 Å². The summed E-state index contributed by atoms with van der Waals surface area (Å²) < 4.78 is 72.7. The van der Waals surface area contributed by atoms with Crippen molar-refractivity contribution < 1.29 is 193 Å².